The number of anilines is 1. The van der Waals surface area contributed by atoms with E-state index >= 15 is 0 Å². The van der Waals surface area contributed by atoms with Crippen LogP contribution >= 0.6 is 11.8 Å². The summed E-state index contributed by atoms with van der Waals surface area (Å²) < 4.78 is 5.23. The lowest BCUT2D eigenvalue weighted by Gasteiger charge is -2.27. The Morgan fingerprint density at radius 3 is 2.76 bits per heavy atom. The zero-order valence-corrected chi connectivity index (χ0v) is 17.0. The third-order valence-corrected chi connectivity index (χ3v) is 5.87. The number of benzene rings is 2. The van der Waals surface area contributed by atoms with Crippen LogP contribution in [0, 0.1) is 6.92 Å². The van der Waals surface area contributed by atoms with Gasteiger partial charge < -0.3 is 14.6 Å². The Kier molecular flexibility index (Phi) is 5.27. The van der Waals surface area contributed by atoms with Gasteiger partial charge in [-0.1, -0.05) is 36.0 Å². The van der Waals surface area contributed by atoms with Gasteiger partial charge in [-0.3, -0.25) is 9.59 Å². The molecule has 0 saturated carbocycles. The highest BCUT2D eigenvalue weighted by molar-refractivity contribution is 8.04. The van der Waals surface area contributed by atoms with Gasteiger partial charge in [-0.25, -0.2) is 0 Å². The molecule has 2 amide bonds. The van der Waals surface area contributed by atoms with Crippen molar-refractivity contribution in [2.45, 2.75) is 18.4 Å². The first kappa shape index (κ1) is 19.1. The molecule has 6 heteroatoms. The highest BCUT2D eigenvalue weighted by Gasteiger charge is 2.27. The molecule has 1 aliphatic rings. The van der Waals surface area contributed by atoms with E-state index in [1.54, 1.807) is 42.5 Å². The Morgan fingerprint density at radius 1 is 1.17 bits per heavy atom. The maximum absolute atomic E-state index is 12.9. The second-order valence-electron chi connectivity index (χ2n) is 6.78. The second-order valence-corrected chi connectivity index (χ2v) is 7.86. The van der Waals surface area contributed by atoms with Gasteiger partial charge in [0, 0.05) is 17.5 Å². The fraction of sp³-hybridized carbons (Fsp3) is 0.130. The maximum Gasteiger partial charge on any atom is 0.264 e. The molecule has 4 rings (SSSR count). The normalized spacial score (nSPS) is 14.8. The largest absolute Gasteiger partial charge is 0.467 e. The van der Waals surface area contributed by atoms with Crippen molar-refractivity contribution in [1.29, 1.82) is 0 Å². The van der Waals surface area contributed by atoms with E-state index in [9.17, 15) is 9.59 Å². The molecule has 3 aromatic rings. The van der Waals surface area contributed by atoms with Crippen molar-refractivity contribution in [2.75, 3.05) is 11.9 Å². The first-order valence-electron chi connectivity index (χ1n) is 9.21. The summed E-state index contributed by atoms with van der Waals surface area (Å²) in [5.41, 5.74) is 3.37. The number of amides is 2. The molecule has 0 atom stereocenters. The Morgan fingerprint density at radius 2 is 2.00 bits per heavy atom. The van der Waals surface area contributed by atoms with Crippen LogP contribution < -0.4 is 10.2 Å². The lowest BCUT2D eigenvalue weighted by molar-refractivity contribution is -0.114. The minimum absolute atomic E-state index is 0.0844. The van der Waals surface area contributed by atoms with Crippen LogP contribution in [0.5, 0.6) is 0 Å². The van der Waals surface area contributed by atoms with Gasteiger partial charge >= 0.3 is 0 Å². The van der Waals surface area contributed by atoms with Crippen LogP contribution in [0.4, 0.5) is 5.69 Å². The second kappa shape index (κ2) is 8.01. The van der Waals surface area contributed by atoms with Crippen LogP contribution in [-0.2, 0) is 11.3 Å². The number of carbonyl (C=O) groups excluding carboxylic acids is 2. The van der Waals surface area contributed by atoms with Gasteiger partial charge in [0.15, 0.2) is 0 Å². The highest BCUT2D eigenvalue weighted by atomic mass is 32.2. The Balaban J connectivity index is 1.57. The first-order valence-corrected chi connectivity index (χ1v) is 10.0. The van der Waals surface area contributed by atoms with E-state index in [4.69, 9.17) is 4.42 Å². The molecule has 0 aliphatic carbocycles. The van der Waals surface area contributed by atoms with E-state index in [1.165, 1.54) is 11.8 Å². The number of nitrogens with zero attached hydrogens (tertiary/aromatic N) is 1. The summed E-state index contributed by atoms with van der Waals surface area (Å²) in [4.78, 5) is 28.6. The minimum atomic E-state index is -0.212. The molecule has 1 N–H and O–H groups in total. The molecule has 0 unspecified atom stereocenters. The number of fused-ring (bicyclic) bond motifs is 1. The van der Waals surface area contributed by atoms with Crippen molar-refractivity contribution in [3.63, 3.8) is 0 Å². The molecule has 0 bridgehead atoms. The van der Waals surface area contributed by atoms with Gasteiger partial charge in [0.25, 0.3) is 11.8 Å². The SMILES string of the molecule is Cc1ccccc1C=C1Sc2ccc(C(=O)NCc3ccco3)cc2N(C)C1=O. The van der Waals surface area contributed by atoms with Crippen LogP contribution in [-0.4, -0.2) is 18.9 Å². The quantitative estimate of drug-likeness (QED) is 0.644. The lowest BCUT2D eigenvalue weighted by atomic mass is 10.1. The number of thioether (sulfide) groups is 1. The number of carbonyl (C=O) groups is 2. The molecular weight excluding hydrogens is 384 g/mol. The molecule has 0 saturated heterocycles. The predicted molar refractivity (Wildman–Crippen MR) is 115 cm³/mol. The molecule has 146 valence electrons. The number of likely N-dealkylation sites (N-methyl/N-ethyl adjacent to an activating group) is 1. The highest BCUT2D eigenvalue weighted by Crippen LogP contribution is 2.42. The molecule has 0 radical (unpaired) electrons. The van der Waals surface area contributed by atoms with Crippen LogP contribution in [0.15, 0.2) is 75.1 Å². The zero-order valence-electron chi connectivity index (χ0n) is 16.1. The van der Waals surface area contributed by atoms with E-state index in [2.05, 4.69) is 5.32 Å². The molecule has 2 aromatic carbocycles. The Labute approximate surface area is 173 Å². The third kappa shape index (κ3) is 3.98. The van der Waals surface area contributed by atoms with Crippen molar-refractivity contribution >= 4 is 35.3 Å². The summed E-state index contributed by atoms with van der Waals surface area (Å²) in [7, 11) is 1.73. The van der Waals surface area contributed by atoms with Gasteiger partial charge in [0.1, 0.15) is 5.76 Å². The molecule has 0 fully saturated rings. The number of aryl methyl sites for hydroxylation is 1. The Hall–Kier alpha value is -3.25. The number of hydrogen-bond donors (Lipinski definition) is 1. The molecular formula is C23H20N2O3S. The molecule has 5 nitrogen and oxygen atoms in total. The summed E-state index contributed by atoms with van der Waals surface area (Å²) in [6, 6.07) is 17.0. The number of furan rings is 1. The number of hydrogen-bond acceptors (Lipinski definition) is 4. The minimum Gasteiger partial charge on any atom is -0.467 e. The van der Waals surface area contributed by atoms with E-state index < -0.39 is 0 Å². The van der Waals surface area contributed by atoms with E-state index in [0.29, 0.717) is 22.8 Å². The van der Waals surface area contributed by atoms with Crippen molar-refractivity contribution in [1.82, 2.24) is 5.32 Å². The summed E-state index contributed by atoms with van der Waals surface area (Å²) >= 11 is 1.43. The average molecular weight is 404 g/mol. The van der Waals surface area contributed by atoms with Gasteiger partial charge in [-0.05, 0) is 54.5 Å². The molecule has 29 heavy (non-hydrogen) atoms. The van der Waals surface area contributed by atoms with Gasteiger partial charge in [0.2, 0.25) is 0 Å². The van der Waals surface area contributed by atoms with Gasteiger partial charge in [0.05, 0.1) is 23.4 Å². The molecule has 2 heterocycles. The smallest absolute Gasteiger partial charge is 0.264 e. The summed E-state index contributed by atoms with van der Waals surface area (Å²) in [6.07, 6.45) is 3.49. The maximum atomic E-state index is 12.9. The van der Waals surface area contributed by atoms with E-state index in [-0.39, 0.29) is 11.8 Å². The van der Waals surface area contributed by atoms with Crippen LogP contribution in [0.3, 0.4) is 0 Å². The van der Waals surface area contributed by atoms with Crippen molar-refractivity contribution in [3.05, 3.63) is 88.2 Å². The molecule has 1 aromatic heterocycles. The molecule has 0 spiro atoms. The number of rotatable bonds is 4. The van der Waals surface area contributed by atoms with Crippen molar-refractivity contribution in [3.8, 4) is 0 Å². The summed E-state index contributed by atoms with van der Waals surface area (Å²) in [5, 5.41) is 2.83. The van der Waals surface area contributed by atoms with Gasteiger partial charge in [-0.15, -0.1) is 0 Å². The average Bonchev–Trinajstić information content (AvgIpc) is 3.25. The van der Waals surface area contributed by atoms with Gasteiger partial charge in [-0.2, -0.15) is 0 Å². The standard InChI is InChI=1S/C23H20N2O3S/c1-15-6-3-4-7-16(15)13-21-23(27)25(2)19-12-17(9-10-20(19)29-21)22(26)24-14-18-8-5-11-28-18/h3-13H,14H2,1-2H3,(H,24,26). The monoisotopic (exact) mass is 404 g/mol. The fourth-order valence-electron chi connectivity index (χ4n) is 3.11. The topological polar surface area (TPSA) is 62.6 Å². The summed E-state index contributed by atoms with van der Waals surface area (Å²) in [5.74, 6) is 0.389. The van der Waals surface area contributed by atoms with Crippen molar-refractivity contribution < 1.29 is 14.0 Å². The first-order chi connectivity index (χ1) is 14.0. The fourth-order valence-corrected chi connectivity index (χ4v) is 4.19. The number of nitrogens with one attached hydrogen (secondary N) is 1. The Bertz CT molecular complexity index is 1100. The predicted octanol–water partition coefficient (Wildman–Crippen LogP) is 4.63. The molecule has 1 aliphatic heterocycles. The summed E-state index contributed by atoms with van der Waals surface area (Å²) in [6.45, 7) is 2.34. The van der Waals surface area contributed by atoms with Crippen LogP contribution in [0.25, 0.3) is 6.08 Å². The zero-order chi connectivity index (χ0) is 20.4. The van der Waals surface area contributed by atoms with E-state index in [1.807, 2.05) is 43.3 Å². The third-order valence-electron chi connectivity index (χ3n) is 4.80. The van der Waals surface area contributed by atoms with Crippen LogP contribution in [0.2, 0.25) is 0 Å². The van der Waals surface area contributed by atoms with Crippen LogP contribution in [0.1, 0.15) is 27.2 Å². The van der Waals surface area contributed by atoms with E-state index in [0.717, 1.165) is 21.7 Å². The van der Waals surface area contributed by atoms with Crippen molar-refractivity contribution in [2.24, 2.45) is 0 Å². The lowest BCUT2D eigenvalue weighted by Crippen LogP contribution is -2.31.